The zero-order valence-corrected chi connectivity index (χ0v) is 6.97. The van der Waals surface area contributed by atoms with Gasteiger partial charge in [0.15, 0.2) is 0 Å². The van der Waals surface area contributed by atoms with E-state index in [2.05, 4.69) is 4.52 Å². The Morgan fingerprint density at radius 3 is 2.00 bits per heavy atom. The van der Waals surface area contributed by atoms with Gasteiger partial charge in [0.1, 0.15) is 0 Å². The average molecular weight is 167 g/mol. The molecule has 2 N–H and O–H groups in total. The van der Waals surface area contributed by atoms with Crippen molar-refractivity contribution in [3.63, 3.8) is 0 Å². The van der Waals surface area contributed by atoms with Gasteiger partial charge in [-0.25, -0.2) is 0 Å². The van der Waals surface area contributed by atoms with E-state index in [9.17, 15) is 9.67 Å². The van der Waals surface area contributed by atoms with Crippen molar-refractivity contribution in [3.8, 4) is 0 Å². The van der Waals surface area contributed by atoms with Crippen LogP contribution in [0.3, 0.4) is 0 Å². The van der Waals surface area contributed by atoms with Gasteiger partial charge in [0, 0.05) is 17.4 Å². The van der Waals surface area contributed by atoms with Crippen molar-refractivity contribution in [2.75, 3.05) is 0 Å². The molecule has 0 rings (SSSR count). The van der Waals surface area contributed by atoms with Gasteiger partial charge in [0.05, 0.1) is 0 Å². The summed E-state index contributed by atoms with van der Waals surface area (Å²) in [4.78, 5) is 8.28. The van der Waals surface area contributed by atoms with Crippen molar-refractivity contribution in [1.82, 2.24) is 0 Å². The van der Waals surface area contributed by atoms with Crippen LogP contribution in [0, 0.1) is 0 Å². The normalized spacial score (nSPS) is 13.4. The molecule has 0 aromatic carbocycles. The minimum absolute atomic E-state index is 0.311. The van der Waals surface area contributed by atoms with Crippen molar-refractivity contribution < 1.29 is 19.1 Å². The molecule has 0 aliphatic carbocycles. The van der Waals surface area contributed by atoms with Gasteiger partial charge in [-0.15, -0.1) is 4.89 Å². The van der Waals surface area contributed by atoms with Gasteiger partial charge in [0.25, 0.3) is 0 Å². The molecule has 60 valence electrons. The Balaban J connectivity index is 3.92. The Kier molecular flexibility index (Phi) is 3.98. The molecule has 0 bridgehead atoms. The molecule has 1 unspecified atom stereocenters. The van der Waals surface area contributed by atoms with Gasteiger partial charge in [-0.1, -0.05) is 18.4 Å². The monoisotopic (exact) mass is 167 g/mol. The molecule has 0 saturated carbocycles. The summed E-state index contributed by atoms with van der Waals surface area (Å²) in [7, 11) is -2.70. The van der Waals surface area contributed by atoms with Crippen LogP contribution in [0.2, 0.25) is 0 Å². The third-order valence-electron chi connectivity index (χ3n) is 1.35. The van der Waals surface area contributed by atoms with Crippen LogP contribution in [0.25, 0.3) is 0 Å². The van der Waals surface area contributed by atoms with E-state index < -0.39 is 14.0 Å². The van der Waals surface area contributed by atoms with Crippen LogP contribution in [-0.4, -0.2) is 15.8 Å². The molecule has 0 aromatic heterocycles. The molecule has 0 heterocycles. The Labute approximate surface area is 60.8 Å². The van der Waals surface area contributed by atoms with Crippen molar-refractivity contribution in [1.29, 1.82) is 0 Å². The number of hydrogen-bond acceptors (Lipinski definition) is 3. The highest BCUT2D eigenvalue weighted by atomic mass is 31.1. The van der Waals surface area contributed by atoms with E-state index in [0.29, 0.717) is 12.8 Å². The largest absolute Gasteiger partial charge is 0.697 e. The van der Waals surface area contributed by atoms with Gasteiger partial charge in [-0.3, -0.25) is 0 Å². The summed E-state index contributed by atoms with van der Waals surface area (Å²) in [5.41, 5.74) is 0. The lowest BCUT2D eigenvalue weighted by Gasteiger charge is -2.15. The second-order valence-corrected chi connectivity index (χ2v) is 2.64. The van der Waals surface area contributed by atoms with Gasteiger partial charge < -0.3 is 5.11 Å². The van der Waals surface area contributed by atoms with Crippen LogP contribution >= 0.6 is 8.25 Å². The predicted octanol–water partition coefficient (Wildman–Crippen LogP) is 1.16. The first kappa shape index (κ1) is 9.98. The lowest BCUT2D eigenvalue weighted by Crippen LogP contribution is -2.27. The molecule has 0 saturated heterocycles. The Morgan fingerprint density at radius 1 is 1.50 bits per heavy atom. The maximum absolute atomic E-state index is 10.1. The molecular weight excluding hydrogens is 155 g/mol. The van der Waals surface area contributed by atoms with E-state index in [1.165, 1.54) is 0 Å². The van der Waals surface area contributed by atoms with Crippen LogP contribution < -0.4 is 0 Å². The molecule has 0 aliphatic rings. The summed E-state index contributed by atoms with van der Waals surface area (Å²) in [6.45, 7) is 3.37. The Hall–Kier alpha value is -0.0200. The number of hydrogen-bond donors (Lipinski definition) is 2. The second-order valence-electron chi connectivity index (χ2n) is 1.98. The molecular formula is C5H12O4P+. The van der Waals surface area contributed by atoms with Gasteiger partial charge >= 0.3 is 8.25 Å². The first-order valence-electron chi connectivity index (χ1n) is 3.11. The molecule has 10 heavy (non-hydrogen) atoms. The predicted molar refractivity (Wildman–Crippen MR) is 36.4 cm³/mol. The van der Waals surface area contributed by atoms with Crippen LogP contribution in [-0.2, 0) is 9.09 Å². The smallest absolute Gasteiger partial charge is 0.362 e. The highest BCUT2D eigenvalue weighted by molar-refractivity contribution is 7.32. The SMILES string of the molecule is CCC(O)(CC)O[P+](=O)O. The van der Waals surface area contributed by atoms with Crippen LogP contribution in [0.4, 0.5) is 0 Å². The first-order chi connectivity index (χ1) is 4.54. The van der Waals surface area contributed by atoms with Crippen molar-refractivity contribution in [2.24, 2.45) is 0 Å². The highest BCUT2D eigenvalue weighted by Crippen LogP contribution is 2.28. The minimum atomic E-state index is -2.70. The Bertz CT molecular complexity index is 121. The summed E-state index contributed by atoms with van der Waals surface area (Å²) in [6.07, 6.45) is 0.621. The lowest BCUT2D eigenvalue weighted by atomic mass is 10.2. The first-order valence-corrected chi connectivity index (χ1v) is 4.24. The van der Waals surface area contributed by atoms with Crippen molar-refractivity contribution in [3.05, 3.63) is 0 Å². The van der Waals surface area contributed by atoms with Gasteiger partial charge in [0.2, 0.25) is 5.79 Å². The Morgan fingerprint density at radius 2 is 1.90 bits per heavy atom. The summed E-state index contributed by atoms with van der Waals surface area (Å²) < 4.78 is 14.5. The zero-order valence-electron chi connectivity index (χ0n) is 6.07. The molecule has 5 heteroatoms. The van der Waals surface area contributed by atoms with Crippen molar-refractivity contribution in [2.45, 2.75) is 32.5 Å². The third-order valence-corrected chi connectivity index (χ3v) is 1.85. The van der Waals surface area contributed by atoms with Gasteiger partial charge in [-0.05, 0) is 0 Å². The van der Waals surface area contributed by atoms with E-state index in [1.807, 2.05) is 0 Å². The maximum atomic E-state index is 10.1. The van der Waals surface area contributed by atoms with Crippen molar-refractivity contribution >= 4 is 8.25 Å². The van der Waals surface area contributed by atoms with Crippen LogP contribution in [0.15, 0.2) is 0 Å². The summed E-state index contributed by atoms with van der Waals surface area (Å²) in [5, 5.41) is 9.23. The minimum Gasteiger partial charge on any atom is -0.362 e. The fourth-order valence-electron chi connectivity index (χ4n) is 0.524. The summed E-state index contributed by atoms with van der Waals surface area (Å²) >= 11 is 0. The zero-order chi connectivity index (χ0) is 8.20. The lowest BCUT2D eigenvalue weighted by molar-refractivity contribution is -0.141. The third kappa shape index (κ3) is 3.22. The maximum Gasteiger partial charge on any atom is 0.697 e. The second kappa shape index (κ2) is 3.98. The quantitative estimate of drug-likeness (QED) is 0.487. The van der Waals surface area contributed by atoms with Gasteiger partial charge in [-0.2, -0.15) is 0 Å². The molecule has 0 radical (unpaired) electrons. The fourth-order valence-corrected chi connectivity index (χ4v) is 1.07. The molecule has 0 spiro atoms. The molecule has 0 amide bonds. The fraction of sp³-hybridized carbons (Fsp3) is 1.00. The van der Waals surface area contributed by atoms with E-state index in [4.69, 9.17) is 4.89 Å². The number of aliphatic hydroxyl groups is 1. The average Bonchev–Trinajstić information content (AvgIpc) is 1.87. The van der Waals surface area contributed by atoms with Crippen LogP contribution in [0.5, 0.6) is 0 Å². The number of rotatable bonds is 4. The topological polar surface area (TPSA) is 66.8 Å². The van der Waals surface area contributed by atoms with Crippen LogP contribution in [0.1, 0.15) is 26.7 Å². The molecule has 4 nitrogen and oxygen atoms in total. The highest BCUT2D eigenvalue weighted by Gasteiger charge is 2.34. The van der Waals surface area contributed by atoms with E-state index in [1.54, 1.807) is 13.8 Å². The summed E-state index contributed by atoms with van der Waals surface area (Å²) in [5.74, 6) is -1.43. The molecule has 0 aromatic rings. The molecule has 0 fully saturated rings. The standard InChI is InChI=1S/C5H11O4P/c1-3-5(6,4-2)9-10(7)8/h6H,3-4H2,1-2H3/p+1. The molecule has 1 atom stereocenters. The van der Waals surface area contributed by atoms with E-state index in [0.717, 1.165) is 0 Å². The summed E-state index contributed by atoms with van der Waals surface area (Å²) in [6, 6.07) is 0. The van der Waals surface area contributed by atoms with E-state index >= 15 is 0 Å². The van der Waals surface area contributed by atoms with E-state index in [-0.39, 0.29) is 0 Å². The molecule has 0 aliphatic heterocycles.